The van der Waals surface area contributed by atoms with Gasteiger partial charge in [0.2, 0.25) is 0 Å². The van der Waals surface area contributed by atoms with E-state index >= 15 is 0 Å². The Morgan fingerprint density at radius 2 is 1.80 bits per heavy atom. The molecular weight excluding hydrogens is 186 g/mol. The van der Waals surface area contributed by atoms with Gasteiger partial charge >= 0.3 is 0 Å². The van der Waals surface area contributed by atoms with Gasteiger partial charge in [0.1, 0.15) is 6.29 Å². The Balaban J connectivity index is 2.00. The molecule has 86 valence electrons. The van der Waals surface area contributed by atoms with Crippen LogP contribution in [0, 0.1) is 5.92 Å². The van der Waals surface area contributed by atoms with E-state index in [9.17, 15) is 4.79 Å². The monoisotopic (exact) mass is 210 g/mol. The van der Waals surface area contributed by atoms with Crippen LogP contribution in [0.3, 0.4) is 0 Å². The lowest BCUT2D eigenvalue weighted by atomic mass is 9.88. The third kappa shape index (κ3) is 2.41. The molecule has 0 bridgehead atoms. The summed E-state index contributed by atoms with van der Waals surface area (Å²) >= 11 is 0. The van der Waals surface area contributed by atoms with Crippen molar-refractivity contribution in [1.29, 1.82) is 0 Å². The van der Waals surface area contributed by atoms with E-state index in [0.717, 1.165) is 19.0 Å². The number of aldehydes is 1. The molecule has 1 saturated heterocycles. The fourth-order valence-electron chi connectivity index (χ4n) is 3.58. The normalized spacial score (nSPS) is 38.9. The van der Waals surface area contributed by atoms with Gasteiger partial charge in [0.05, 0.1) is 32.1 Å². The Bertz CT molecular complexity index is 223. The lowest BCUT2D eigenvalue weighted by molar-refractivity contribution is -0.941. The predicted molar refractivity (Wildman–Crippen MR) is 61.6 cm³/mol. The van der Waals surface area contributed by atoms with E-state index in [1.54, 1.807) is 0 Å². The number of quaternary nitrogens is 1. The molecule has 0 aromatic heterocycles. The summed E-state index contributed by atoms with van der Waals surface area (Å²) in [6.45, 7) is 2.41. The molecule has 2 aliphatic rings. The molecule has 0 amide bonds. The molecule has 2 rings (SSSR count). The van der Waals surface area contributed by atoms with Crippen molar-refractivity contribution >= 4 is 6.29 Å². The average Bonchev–Trinajstić information content (AvgIpc) is 2.30. The number of nitrogens with zero attached hydrogens (tertiary/aromatic N) is 1. The van der Waals surface area contributed by atoms with Crippen molar-refractivity contribution in [3.8, 4) is 0 Å². The maximum absolute atomic E-state index is 10.9. The molecule has 2 unspecified atom stereocenters. The van der Waals surface area contributed by atoms with Crippen LogP contribution in [0.2, 0.25) is 0 Å². The zero-order valence-corrected chi connectivity index (χ0v) is 9.95. The standard InChI is InChI=1S/C13H24NO/c1-14(13-7-3-2-4-8-13)9-5-6-12(10-14)11-15/h11-13H,2-10H2,1H3/q+1. The van der Waals surface area contributed by atoms with E-state index in [1.165, 1.54) is 55.8 Å². The van der Waals surface area contributed by atoms with Crippen LogP contribution in [0.5, 0.6) is 0 Å². The van der Waals surface area contributed by atoms with E-state index in [0.29, 0.717) is 5.92 Å². The Morgan fingerprint density at radius 3 is 2.47 bits per heavy atom. The number of carbonyl (C=O) groups is 1. The van der Waals surface area contributed by atoms with Crippen LogP contribution in [-0.2, 0) is 4.79 Å². The molecule has 0 aromatic rings. The summed E-state index contributed by atoms with van der Waals surface area (Å²) in [5.41, 5.74) is 0. The second kappa shape index (κ2) is 4.65. The summed E-state index contributed by atoms with van der Waals surface area (Å²) in [5, 5.41) is 0. The van der Waals surface area contributed by atoms with Gasteiger partial charge in [0.25, 0.3) is 0 Å². The van der Waals surface area contributed by atoms with Crippen molar-refractivity contribution in [1.82, 2.24) is 0 Å². The van der Waals surface area contributed by atoms with Gasteiger partial charge in [-0.25, -0.2) is 0 Å². The summed E-state index contributed by atoms with van der Waals surface area (Å²) in [7, 11) is 2.38. The first kappa shape index (κ1) is 11.1. The molecular formula is C13H24NO+. The third-order valence-electron chi connectivity index (χ3n) is 4.54. The topological polar surface area (TPSA) is 17.1 Å². The molecule has 1 saturated carbocycles. The van der Waals surface area contributed by atoms with Crippen molar-refractivity contribution < 1.29 is 9.28 Å². The predicted octanol–water partition coefficient (Wildman–Crippen LogP) is 2.37. The Kier molecular flexibility index (Phi) is 3.45. The quantitative estimate of drug-likeness (QED) is 0.505. The molecule has 1 aliphatic heterocycles. The summed E-state index contributed by atoms with van der Waals surface area (Å²) in [4.78, 5) is 10.9. The van der Waals surface area contributed by atoms with Crippen LogP contribution in [0.1, 0.15) is 44.9 Å². The highest BCUT2D eigenvalue weighted by atomic mass is 16.1. The average molecular weight is 210 g/mol. The van der Waals surface area contributed by atoms with E-state index in [4.69, 9.17) is 0 Å². The summed E-state index contributed by atoms with van der Waals surface area (Å²) < 4.78 is 1.18. The molecule has 0 N–H and O–H groups in total. The molecule has 2 fully saturated rings. The van der Waals surface area contributed by atoms with Gasteiger partial charge in [-0.1, -0.05) is 6.42 Å². The van der Waals surface area contributed by atoms with Crippen LogP contribution in [0.15, 0.2) is 0 Å². The minimum Gasteiger partial charge on any atom is -0.323 e. The van der Waals surface area contributed by atoms with Crippen molar-refractivity contribution in [2.75, 3.05) is 20.1 Å². The first-order chi connectivity index (χ1) is 7.24. The Hall–Kier alpha value is -0.370. The fourth-order valence-corrected chi connectivity index (χ4v) is 3.58. The van der Waals surface area contributed by atoms with Gasteiger partial charge < -0.3 is 9.28 Å². The first-order valence-electron chi connectivity index (χ1n) is 6.54. The lowest BCUT2D eigenvalue weighted by Gasteiger charge is -2.47. The molecule has 0 radical (unpaired) electrons. The van der Waals surface area contributed by atoms with Crippen LogP contribution in [0.4, 0.5) is 0 Å². The van der Waals surface area contributed by atoms with Gasteiger partial charge in [0.15, 0.2) is 0 Å². The van der Waals surface area contributed by atoms with E-state index in [2.05, 4.69) is 7.05 Å². The molecule has 1 heterocycles. The zero-order valence-electron chi connectivity index (χ0n) is 9.95. The number of carbonyl (C=O) groups excluding carboxylic acids is 1. The molecule has 1 aliphatic carbocycles. The van der Waals surface area contributed by atoms with Gasteiger partial charge in [-0.3, -0.25) is 0 Å². The Labute approximate surface area is 93.2 Å². The van der Waals surface area contributed by atoms with Crippen LogP contribution in [0.25, 0.3) is 0 Å². The van der Waals surface area contributed by atoms with Crippen molar-refractivity contribution in [2.24, 2.45) is 5.92 Å². The second-order valence-electron chi connectivity index (χ2n) is 5.72. The van der Waals surface area contributed by atoms with Crippen LogP contribution >= 0.6 is 0 Å². The SMILES string of the molecule is C[N+]1(C2CCCCC2)CCCC(C=O)C1. The van der Waals surface area contributed by atoms with Crippen molar-refractivity contribution in [3.63, 3.8) is 0 Å². The maximum atomic E-state index is 10.9. The fraction of sp³-hybridized carbons (Fsp3) is 0.923. The third-order valence-corrected chi connectivity index (χ3v) is 4.54. The van der Waals surface area contributed by atoms with Gasteiger partial charge in [-0.2, -0.15) is 0 Å². The van der Waals surface area contributed by atoms with E-state index in [-0.39, 0.29) is 0 Å². The highest BCUT2D eigenvalue weighted by molar-refractivity contribution is 5.53. The Morgan fingerprint density at radius 1 is 1.07 bits per heavy atom. The zero-order chi connectivity index (χ0) is 10.7. The van der Waals surface area contributed by atoms with Crippen LogP contribution < -0.4 is 0 Å². The maximum Gasteiger partial charge on any atom is 0.128 e. The minimum atomic E-state index is 0.339. The summed E-state index contributed by atoms with van der Waals surface area (Å²) in [5.74, 6) is 0.339. The number of rotatable bonds is 2. The number of likely N-dealkylation sites (tertiary alicyclic amines) is 1. The highest BCUT2D eigenvalue weighted by Crippen LogP contribution is 2.31. The van der Waals surface area contributed by atoms with Gasteiger partial charge in [-0.15, -0.1) is 0 Å². The molecule has 0 spiro atoms. The number of piperidine rings is 1. The van der Waals surface area contributed by atoms with Gasteiger partial charge in [-0.05, 0) is 38.5 Å². The van der Waals surface area contributed by atoms with Crippen molar-refractivity contribution in [3.05, 3.63) is 0 Å². The second-order valence-corrected chi connectivity index (χ2v) is 5.72. The number of hydrogen-bond donors (Lipinski definition) is 0. The highest BCUT2D eigenvalue weighted by Gasteiger charge is 2.38. The minimum absolute atomic E-state index is 0.339. The summed E-state index contributed by atoms with van der Waals surface area (Å²) in [6, 6.07) is 0.849. The molecule has 15 heavy (non-hydrogen) atoms. The van der Waals surface area contributed by atoms with E-state index < -0.39 is 0 Å². The van der Waals surface area contributed by atoms with E-state index in [1.807, 2.05) is 0 Å². The molecule has 2 heteroatoms. The molecule has 2 atom stereocenters. The van der Waals surface area contributed by atoms with Crippen LogP contribution in [-0.4, -0.2) is 36.9 Å². The smallest absolute Gasteiger partial charge is 0.128 e. The summed E-state index contributed by atoms with van der Waals surface area (Å²) in [6.07, 6.45) is 10.6. The van der Waals surface area contributed by atoms with Gasteiger partial charge in [0, 0.05) is 0 Å². The van der Waals surface area contributed by atoms with Crippen molar-refractivity contribution in [2.45, 2.75) is 51.0 Å². The number of hydrogen-bond acceptors (Lipinski definition) is 1. The first-order valence-corrected chi connectivity index (χ1v) is 6.54. The largest absolute Gasteiger partial charge is 0.323 e. The lowest BCUT2D eigenvalue weighted by Crippen LogP contribution is -2.58. The molecule has 0 aromatic carbocycles. The molecule has 2 nitrogen and oxygen atoms in total.